The van der Waals surface area contributed by atoms with Crippen LogP contribution in [0.15, 0.2) is 29.4 Å². The number of aryl methyl sites for hydroxylation is 2. The van der Waals surface area contributed by atoms with E-state index in [1.165, 1.54) is 17.3 Å². The van der Waals surface area contributed by atoms with E-state index < -0.39 is 0 Å². The van der Waals surface area contributed by atoms with Crippen LogP contribution in [0.5, 0.6) is 0 Å². The topological polar surface area (TPSA) is 56.1 Å². The Kier molecular flexibility index (Phi) is 7.08. The highest BCUT2D eigenvalue weighted by molar-refractivity contribution is 7.99. The van der Waals surface area contributed by atoms with Crippen LogP contribution in [0.4, 0.5) is 0 Å². The number of carbonyl (C=O) groups excluding carboxylic acids is 1. The van der Waals surface area contributed by atoms with Gasteiger partial charge in [0.15, 0.2) is 5.16 Å². The molecule has 1 aromatic heterocycles. The molecule has 1 N–H and O–H groups in total. The molecular weight excluding hydrogens is 334 g/mol. The van der Waals surface area contributed by atoms with Crippen LogP contribution in [-0.4, -0.2) is 34.9 Å². The van der Waals surface area contributed by atoms with Crippen molar-refractivity contribution in [3.8, 4) is 0 Å². The molecule has 1 atom stereocenters. The summed E-state index contributed by atoms with van der Waals surface area (Å²) in [5.74, 6) is 0.358. The van der Waals surface area contributed by atoms with E-state index in [9.17, 15) is 4.79 Å². The summed E-state index contributed by atoms with van der Waals surface area (Å²) in [4.78, 5) is 16.9. The highest BCUT2D eigenvalue weighted by Crippen LogP contribution is 2.22. The van der Waals surface area contributed by atoms with E-state index in [2.05, 4.69) is 33.9 Å². The van der Waals surface area contributed by atoms with Crippen LogP contribution in [0.1, 0.15) is 35.5 Å². The maximum Gasteiger partial charge on any atom is 0.230 e. The molecule has 0 radical (unpaired) electrons. The number of nitrogens with zero attached hydrogens (tertiary/aromatic N) is 2. The Morgan fingerprint density at radius 2 is 2.04 bits per heavy atom. The number of benzene rings is 1. The molecule has 1 heterocycles. The average Bonchev–Trinajstić information content (AvgIpc) is 2.85. The SMILES string of the molecule is COCCn1c(SCC(=O)N[C@@H](C)c2ccccc2C)nc(C)c1C. The molecule has 1 amide bonds. The molecule has 2 aromatic rings. The monoisotopic (exact) mass is 361 g/mol. The largest absolute Gasteiger partial charge is 0.383 e. The Labute approximate surface area is 154 Å². The molecule has 0 saturated carbocycles. The van der Waals surface area contributed by atoms with Gasteiger partial charge in [0, 0.05) is 19.3 Å². The van der Waals surface area contributed by atoms with Crippen LogP contribution in [0.3, 0.4) is 0 Å². The zero-order valence-electron chi connectivity index (χ0n) is 15.6. The molecule has 0 aliphatic rings. The average molecular weight is 362 g/mol. The maximum atomic E-state index is 12.3. The molecule has 0 spiro atoms. The zero-order chi connectivity index (χ0) is 18.4. The third kappa shape index (κ3) is 5.09. The molecule has 6 heteroatoms. The molecule has 5 nitrogen and oxygen atoms in total. The van der Waals surface area contributed by atoms with Crippen molar-refractivity contribution in [3.63, 3.8) is 0 Å². The highest BCUT2D eigenvalue weighted by Gasteiger charge is 2.15. The van der Waals surface area contributed by atoms with E-state index in [1.54, 1.807) is 7.11 Å². The number of thioether (sulfide) groups is 1. The number of imidazole rings is 1. The van der Waals surface area contributed by atoms with Crippen molar-refractivity contribution in [1.82, 2.24) is 14.9 Å². The van der Waals surface area contributed by atoms with Crippen molar-refractivity contribution in [1.29, 1.82) is 0 Å². The molecule has 0 bridgehead atoms. The summed E-state index contributed by atoms with van der Waals surface area (Å²) < 4.78 is 7.28. The number of amides is 1. The Hall–Kier alpha value is -1.79. The molecule has 1 aromatic carbocycles. The minimum atomic E-state index is -0.00833. The Balaban J connectivity index is 1.96. The van der Waals surface area contributed by atoms with Gasteiger partial charge in [-0.15, -0.1) is 0 Å². The summed E-state index contributed by atoms with van der Waals surface area (Å²) in [7, 11) is 1.69. The minimum Gasteiger partial charge on any atom is -0.383 e. The van der Waals surface area contributed by atoms with E-state index in [4.69, 9.17) is 4.74 Å². The van der Waals surface area contributed by atoms with Gasteiger partial charge < -0.3 is 14.6 Å². The van der Waals surface area contributed by atoms with Gasteiger partial charge >= 0.3 is 0 Å². The highest BCUT2D eigenvalue weighted by atomic mass is 32.2. The first-order valence-electron chi connectivity index (χ1n) is 8.44. The zero-order valence-corrected chi connectivity index (χ0v) is 16.4. The van der Waals surface area contributed by atoms with Gasteiger partial charge in [0.05, 0.1) is 24.1 Å². The van der Waals surface area contributed by atoms with Crippen molar-refractivity contribution in [3.05, 3.63) is 46.8 Å². The smallest absolute Gasteiger partial charge is 0.230 e. The lowest BCUT2D eigenvalue weighted by Crippen LogP contribution is -2.28. The second kappa shape index (κ2) is 9.06. The van der Waals surface area contributed by atoms with Gasteiger partial charge in [0.1, 0.15) is 0 Å². The van der Waals surface area contributed by atoms with Gasteiger partial charge in [-0.05, 0) is 38.8 Å². The number of hydrogen-bond acceptors (Lipinski definition) is 4. The molecule has 0 unspecified atom stereocenters. The van der Waals surface area contributed by atoms with Gasteiger partial charge in [0.25, 0.3) is 0 Å². The summed E-state index contributed by atoms with van der Waals surface area (Å²) in [6.45, 7) is 9.47. The first-order chi connectivity index (χ1) is 11.9. The Morgan fingerprint density at radius 1 is 1.32 bits per heavy atom. The molecular formula is C19H27N3O2S. The van der Waals surface area contributed by atoms with Gasteiger partial charge in [-0.25, -0.2) is 4.98 Å². The van der Waals surface area contributed by atoms with E-state index in [1.807, 2.05) is 32.9 Å². The fraction of sp³-hybridized carbons (Fsp3) is 0.474. The molecule has 0 fully saturated rings. The van der Waals surface area contributed by atoms with Gasteiger partial charge in [-0.2, -0.15) is 0 Å². The van der Waals surface area contributed by atoms with Crippen LogP contribution < -0.4 is 5.32 Å². The maximum absolute atomic E-state index is 12.3. The van der Waals surface area contributed by atoms with Crippen LogP contribution >= 0.6 is 11.8 Å². The number of methoxy groups -OCH3 is 1. The second-order valence-electron chi connectivity index (χ2n) is 6.14. The lowest BCUT2D eigenvalue weighted by Gasteiger charge is -2.16. The molecule has 2 rings (SSSR count). The molecule has 0 saturated heterocycles. The first-order valence-corrected chi connectivity index (χ1v) is 9.43. The second-order valence-corrected chi connectivity index (χ2v) is 7.09. The molecule has 0 aliphatic carbocycles. The van der Waals surface area contributed by atoms with Crippen molar-refractivity contribution in [2.24, 2.45) is 0 Å². The standard InChI is InChI=1S/C19H27N3O2S/c1-13-8-6-7-9-17(13)15(3)20-18(23)12-25-19-21-14(2)16(4)22(19)10-11-24-5/h6-9,15H,10-12H2,1-5H3,(H,20,23)/t15-/m0/s1. The third-order valence-electron chi connectivity index (χ3n) is 4.31. The van der Waals surface area contributed by atoms with E-state index in [0.717, 1.165) is 28.7 Å². The van der Waals surface area contributed by atoms with Gasteiger partial charge in [-0.3, -0.25) is 4.79 Å². The third-order valence-corrected chi connectivity index (χ3v) is 5.28. The normalized spacial score (nSPS) is 12.2. The number of ether oxygens (including phenoxy) is 1. The number of nitrogens with one attached hydrogen (secondary N) is 1. The molecule has 25 heavy (non-hydrogen) atoms. The summed E-state index contributed by atoms with van der Waals surface area (Å²) in [5, 5.41) is 3.94. The molecule has 0 aliphatic heterocycles. The summed E-state index contributed by atoms with van der Waals surface area (Å²) in [5.41, 5.74) is 4.44. The van der Waals surface area contributed by atoms with Gasteiger partial charge in [0.2, 0.25) is 5.91 Å². The van der Waals surface area contributed by atoms with Crippen molar-refractivity contribution < 1.29 is 9.53 Å². The van der Waals surface area contributed by atoms with Gasteiger partial charge in [-0.1, -0.05) is 36.0 Å². The summed E-state index contributed by atoms with van der Waals surface area (Å²) in [6.07, 6.45) is 0. The fourth-order valence-electron chi connectivity index (χ4n) is 2.74. The van der Waals surface area contributed by atoms with Crippen molar-refractivity contribution >= 4 is 17.7 Å². The Morgan fingerprint density at radius 3 is 2.72 bits per heavy atom. The van der Waals surface area contributed by atoms with Crippen molar-refractivity contribution in [2.45, 2.75) is 45.4 Å². The van der Waals surface area contributed by atoms with E-state index >= 15 is 0 Å². The van der Waals surface area contributed by atoms with E-state index in [-0.39, 0.29) is 11.9 Å². The fourth-order valence-corrected chi connectivity index (χ4v) is 3.67. The number of aromatic nitrogens is 2. The quantitative estimate of drug-likeness (QED) is 0.732. The molecule has 136 valence electrons. The number of hydrogen-bond donors (Lipinski definition) is 1. The number of carbonyl (C=O) groups is 1. The first kappa shape index (κ1) is 19.5. The van der Waals surface area contributed by atoms with Crippen molar-refractivity contribution in [2.75, 3.05) is 19.5 Å². The summed E-state index contributed by atoms with van der Waals surface area (Å²) >= 11 is 1.47. The van der Waals surface area contributed by atoms with E-state index in [0.29, 0.717) is 12.4 Å². The predicted molar refractivity (Wildman–Crippen MR) is 102 cm³/mol. The van der Waals surface area contributed by atoms with Crippen LogP contribution in [-0.2, 0) is 16.1 Å². The predicted octanol–water partition coefficient (Wildman–Crippen LogP) is 3.42. The summed E-state index contributed by atoms with van der Waals surface area (Å²) in [6, 6.07) is 8.11. The van der Waals surface area contributed by atoms with Crippen LogP contribution in [0.25, 0.3) is 0 Å². The van der Waals surface area contributed by atoms with Crippen LogP contribution in [0, 0.1) is 20.8 Å². The van der Waals surface area contributed by atoms with Crippen LogP contribution in [0.2, 0.25) is 0 Å². The lowest BCUT2D eigenvalue weighted by molar-refractivity contribution is -0.119. The number of rotatable bonds is 8. The Bertz CT molecular complexity index is 727. The lowest BCUT2D eigenvalue weighted by atomic mass is 10.0. The minimum absolute atomic E-state index is 0.00833.